The predicted octanol–water partition coefficient (Wildman–Crippen LogP) is 7.11. The number of nitrogen functional groups attached to an aromatic ring is 1. The van der Waals surface area contributed by atoms with Crippen LogP contribution in [0.25, 0.3) is 32.8 Å². The van der Waals surface area contributed by atoms with Gasteiger partial charge in [0.25, 0.3) is 0 Å². The van der Waals surface area contributed by atoms with Crippen molar-refractivity contribution in [1.29, 1.82) is 0 Å². The standard InChI is InChI=1S/C29H24N2/c30-28-12-6-11-21-25-15-14-23-19(9-5-10-20(23)24(25)16-17-26(21)28)22-7-1-2-8-27(22)29-13-3-4-18-31-29/h1-4,6-8,11-19H,5,9-10,30H2. The van der Waals surface area contributed by atoms with E-state index < -0.39 is 0 Å². The van der Waals surface area contributed by atoms with Gasteiger partial charge in [0.2, 0.25) is 0 Å². The summed E-state index contributed by atoms with van der Waals surface area (Å²) in [4.78, 5) is 4.64. The normalized spacial score (nSPS) is 15.8. The number of aryl methyl sites for hydroxylation is 1. The van der Waals surface area contributed by atoms with Crippen molar-refractivity contribution in [2.24, 2.45) is 0 Å². The molecule has 0 amide bonds. The molecule has 4 aromatic carbocycles. The van der Waals surface area contributed by atoms with E-state index in [4.69, 9.17) is 5.73 Å². The molecule has 1 atom stereocenters. The number of rotatable bonds is 2. The van der Waals surface area contributed by atoms with E-state index in [0.717, 1.165) is 23.2 Å². The van der Waals surface area contributed by atoms with Crippen molar-refractivity contribution in [2.75, 3.05) is 5.73 Å². The lowest BCUT2D eigenvalue weighted by Gasteiger charge is -2.29. The van der Waals surface area contributed by atoms with Gasteiger partial charge < -0.3 is 5.73 Å². The summed E-state index contributed by atoms with van der Waals surface area (Å²) in [7, 11) is 0. The molecule has 1 heterocycles. The predicted molar refractivity (Wildman–Crippen MR) is 130 cm³/mol. The molecule has 2 N–H and O–H groups in total. The van der Waals surface area contributed by atoms with Crippen molar-refractivity contribution in [1.82, 2.24) is 4.98 Å². The molecule has 0 radical (unpaired) electrons. The maximum Gasteiger partial charge on any atom is 0.0704 e. The van der Waals surface area contributed by atoms with Crippen molar-refractivity contribution in [3.63, 3.8) is 0 Å². The molecule has 0 aliphatic heterocycles. The Morgan fingerprint density at radius 1 is 0.677 bits per heavy atom. The van der Waals surface area contributed by atoms with Gasteiger partial charge in [-0.15, -0.1) is 0 Å². The van der Waals surface area contributed by atoms with Crippen molar-refractivity contribution in [3.05, 3.63) is 108 Å². The Labute approximate surface area is 182 Å². The van der Waals surface area contributed by atoms with E-state index in [9.17, 15) is 0 Å². The summed E-state index contributed by atoms with van der Waals surface area (Å²) in [5, 5.41) is 5.07. The number of nitrogens with two attached hydrogens (primary N) is 1. The Hall–Kier alpha value is -3.65. The lowest BCUT2D eigenvalue weighted by molar-refractivity contribution is 0.620. The molecule has 2 heteroatoms. The fourth-order valence-electron chi connectivity index (χ4n) is 5.40. The van der Waals surface area contributed by atoms with E-state index in [1.54, 1.807) is 0 Å². The monoisotopic (exact) mass is 400 g/mol. The lowest BCUT2D eigenvalue weighted by atomic mass is 9.75. The van der Waals surface area contributed by atoms with Crippen molar-refractivity contribution >= 4 is 27.2 Å². The van der Waals surface area contributed by atoms with Gasteiger partial charge in [0, 0.05) is 28.8 Å². The van der Waals surface area contributed by atoms with Crippen LogP contribution < -0.4 is 5.73 Å². The Kier molecular flexibility index (Phi) is 4.24. The van der Waals surface area contributed by atoms with Gasteiger partial charge in [0.05, 0.1) is 5.69 Å². The van der Waals surface area contributed by atoms with Crippen molar-refractivity contribution in [2.45, 2.75) is 25.2 Å². The van der Waals surface area contributed by atoms with E-state index in [-0.39, 0.29) is 0 Å². The second-order valence-corrected chi connectivity index (χ2v) is 8.48. The highest BCUT2D eigenvalue weighted by Crippen LogP contribution is 2.43. The van der Waals surface area contributed by atoms with Crippen LogP contribution in [0.4, 0.5) is 5.69 Å². The van der Waals surface area contributed by atoms with Crippen LogP contribution in [0.5, 0.6) is 0 Å². The molecule has 0 bridgehead atoms. The summed E-state index contributed by atoms with van der Waals surface area (Å²) in [6, 6.07) is 30.3. The van der Waals surface area contributed by atoms with Crippen LogP contribution in [0.1, 0.15) is 35.4 Å². The minimum absolute atomic E-state index is 0.392. The van der Waals surface area contributed by atoms with Crippen molar-refractivity contribution in [3.8, 4) is 11.3 Å². The average Bonchev–Trinajstić information content (AvgIpc) is 2.84. The van der Waals surface area contributed by atoms with E-state index in [1.165, 1.54) is 51.3 Å². The first kappa shape index (κ1) is 18.1. The van der Waals surface area contributed by atoms with Crippen LogP contribution in [0.2, 0.25) is 0 Å². The Balaban J connectivity index is 1.56. The Bertz CT molecular complexity index is 1420. The zero-order valence-electron chi connectivity index (χ0n) is 17.4. The highest BCUT2D eigenvalue weighted by Gasteiger charge is 2.26. The number of hydrogen-bond acceptors (Lipinski definition) is 2. The van der Waals surface area contributed by atoms with Crippen LogP contribution in [0.15, 0.2) is 91.1 Å². The molecular formula is C29H24N2. The van der Waals surface area contributed by atoms with Gasteiger partial charge >= 0.3 is 0 Å². The third-order valence-electron chi connectivity index (χ3n) is 6.81. The summed E-state index contributed by atoms with van der Waals surface area (Å²) in [6.45, 7) is 0. The van der Waals surface area contributed by atoms with Gasteiger partial charge in [0.15, 0.2) is 0 Å². The first-order valence-electron chi connectivity index (χ1n) is 11.0. The minimum Gasteiger partial charge on any atom is -0.398 e. The highest BCUT2D eigenvalue weighted by atomic mass is 14.7. The summed E-state index contributed by atoms with van der Waals surface area (Å²) < 4.78 is 0. The van der Waals surface area contributed by atoms with Crippen LogP contribution in [0.3, 0.4) is 0 Å². The van der Waals surface area contributed by atoms with Gasteiger partial charge in [-0.1, -0.05) is 66.7 Å². The maximum absolute atomic E-state index is 6.25. The van der Waals surface area contributed by atoms with Gasteiger partial charge in [-0.25, -0.2) is 0 Å². The summed E-state index contributed by atoms with van der Waals surface area (Å²) in [6.07, 6.45) is 5.37. The van der Waals surface area contributed by atoms with Gasteiger partial charge in [-0.3, -0.25) is 4.98 Å². The van der Waals surface area contributed by atoms with E-state index in [0.29, 0.717) is 5.92 Å². The first-order chi connectivity index (χ1) is 15.3. The number of nitrogens with zero attached hydrogens (tertiary/aromatic N) is 1. The molecule has 5 aromatic rings. The molecule has 0 saturated heterocycles. The molecular weight excluding hydrogens is 376 g/mol. The third-order valence-corrected chi connectivity index (χ3v) is 6.81. The zero-order chi connectivity index (χ0) is 20.8. The highest BCUT2D eigenvalue weighted by molar-refractivity contribution is 6.12. The second-order valence-electron chi connectivity index (χ2n) is 8.48. The third kappa shape index (κ3) is 2.90. The SMILES string of the molecule is Nc1cccc2c1ccc1c3c(ccc12)C(c1ccccc1-c1ccccn1)CCC3. The Morgan fingerprint density at radius 3 is 2.39 bits per heavy atom. The molecule has 1 aliphatic rings. The van der Waals surface area contributed by atoms with Crippen LogP contribution in [0, 0.1) is 0 Å². The minimum atomic E-state index is 0.392. The molecule has 1 unspecified atom stereocenters. The smallest absolute Gasteiger partial charge is 0.0704 e. The summed E-state index contributed by atoms with van der Waals surface area (Å²) in [5.41, 5.74) is 13.7. The van der Waals surface area contributed by atoms with Gasteiger partial charge in [-0.05, 0) is 70.3 Å². The molecule has 31 heavy (non-hydrogen) atoms. The molecule has 0 spiro atoms. The van der Waals surface area contributed by atoms with E-state index in [2.05, 4.69) is 77.8 Å². The number of hydrogen-bond donors (Lipinski definition) is 1. The number of benzene rings is 4. The fourth-order valence-corrected chi connectivity index (χ4v) is 5.40. The summed E-state index contributed by atoms with van der Waals surface area (Å²) in [5.74, 6) is 0.392. The van der Waals surface area contributed by atoms with Gasteiger partial charge in [-0.2, -0.15) is 0 Å². The summed E-state index contributed by atoms with van der Waals surface area (Å²) >= 11 is 0. The number of fused-ring (bicyclic) bond motifs is 5. The number of anilines is 1. The molecule has 150 valence electrons. The van der Waals surface area contributed by atoms with Crippen LogP contribution in [-0.4, -0.2) is 4.98 Å². The zero-order valence-corrected chi connectivity index (χ0v) is 17.4. The number of pyridine rings is 1. The van der Waals surface area contributed by atoms with E-state index >= 15 is 0 Å². The number of aromatic nitrogens is 1. The second kappa shape index (κ2) is 7.24. The van der Waals surface area contributed by atoms with Gasteiger partial charge in [0.1, 0.15) is 0 Å². The van der Waals surface area contributed by atoms with Crippen LogP contribution >= 0.6 is 0 Å². The maximum atomic E-state index is 6.25. The Morgan fingerprint density at radius 2 is 1.48 bits per heavy atom. The molecule has 0 fully saturated rings. The lowest BCUT2D eigenvalue weighted by Crippen LogP contribution is -2.12. The van der Waals surface area contributed by atoms with Crippen LogP contribution in [-0.2, 0) is 6.42 Å². The fraction of sp³-hybridized carbons (Fsp3) is 0.138. The molecule has 6 rings (SSSR count). The molecule has 1 aliphatic carbocycles. The average molecular weight is 401 g/mol. The molecule has 2 nitrogen and oxygen atoms in total. The molecule has 0 saturated carbocycles. The van der Waals surface area contributed by atoms with Crippen molar-refractivity contribution < 1.29 is 0 Å². The van der Waals surface area contributed by atoms with E-state index in [1.807, 2.05) is 18.3 Å². The first-order valence-corrected chi connectivity index (χ1v) is 11.0. The molecule has 1 aromatic heterocycles. The largest absolute Gasteiger partial charge is 0.398 e. The quantitative estimate of drug-likeness (QED) is 0.253. The topological polar surface area (TPSA) is 38.9 Å².